The van der Waals surface area contributed by atoms with E-state index in [9.17, 15) is 4.39 Å². The lowest BCUT2D eigenvalue weighted by Gasteiger charge is -2.10. The maximum absolute atomic E-state index is 14.1. The maximum Gasteiger partial charge on any atom is 0.152 e. The number of halogens is 1. The zero-order valence-electron chi connectivity index (χ0n) is 10.0. The molecule has 0 atom stereocenters. The van der Waals surface area contributed by atoms with E-state index in [0.29, 0.717) is 17.0 Å². The molecule has 3 heteroatoms. The maximum atomic E-state index is 14.1. The second-order valence-electron chi connectivity index (χ2n) is 4.71. The molecule has 88 valence electrons. The Bertz CT molecular complexity index is 588. The molecule has 1 aromatic heterocycles. The van der Waals surface area contributed by atoms with Gasteiger partial charge in [-0.15, -0.1) is 0 Å². The Hall–Kier alpha value is -1.64. The van der Waals surface area contributed by atoms with Crippen LogP contribution in [0.15, 0.2) is 18.2 Å². The van der Waals surface area contributed by atoms with E-state index < -0.39 is 0 Å². The molecule has 2 aromatic rings. The van der Waals surface area contributed by atoms with Crippen LogP contribution in [-0.2, 0) is 0 Å². The fourth-order valence-electron chi connectivity index (χ4n) is 2.17. The van der Waals surface area contributed by atoms with Gasteiger partial charge in [-0.25, -0.2) is 9.37 Å². The summed E-state index contributed by atoms with van der Waals surface area (Å²) >= 11 is 0. The predicted octanol–water partition coefficient (Wildman–Crippen LogP) is 3.60. The molecular formula is C14H15FN2. The summed E-state index contributed by atoms with van der Waals surface area (Å²) in [6.07, 6.45) is 2.35. The summed E-state index contributed by atoms with van der Waals surface area (Å²) in [7, 11) is 1.86. The molecule has 0 saturated heterocycles. The summed E-state index contributed by atoms with van der Waals surface area (Å²) in [5.41, 5.74) is 3.14. The Kier molecular flexibility index (Phi) is 2.28. The van der Waals surface area contributed by atoms with Gasteiger partial charge in [0, 0.05) is 29.7 Å². The average Bonchev–Trinajstić information content (AvgIpc) is 3.17. The van der Waals surface area contributed by atoms with Crippen LogP contribution in [0.2, 0.25) is 0 Å². The molecule has 0 bridgehead atoms. The van der Waals surface area contributed by atoms with Gasteiger partial charge >= 0.3 is 0 Å². The van der Waals surface area contributed by atoms with Crippen molar-refractivity contribution in [2.24, 2.45) is 0 Å². The van der Waals surface area contributed by atoms with Gasteiger partial charge in [0.1, 0.15) is 5.52 Å². The highest BCUT2D eigenvalue weighted by atomic mass is 19.1. The number of hydrogen-bond donors (Lipinski definition) is 1. The minimum absolute atomic E-state index is 0.193. The van der Waals surface area contributed by atoms with Gasteiger partial charge in [-0.1, -0.05) is 12.1 Å². The van der Waals surface area contributed by atoms with Gasteiger partial charge in [-0.05, 0) is 31.4 Å². The first kappa shape index (κ1) is 10.5. The van der Waals surface area contributed by atoms with Crippen molar-refractivity contribution in [2.45, 2.75) is 25.7 Å². The lowest BCUT2D eigenvalue weighted by atomic mass is 10.1. The van der Waals surface area contributed by atoms with E-state index in [0.717, 1.165) is 16.8 Å². The fraction of sp³-hybridized carbons (Fsp3) is 0.357. The lowest BCUT2D eigenvalue weighted by molar-refractivity contribution is 0.627. The van der Waals surface area contributed by atoms with E-state index in [1.165, 1.54) is 12.8 Å². The molecule has 1 N–H and O–H groups in total. The van der Waals surface area contributed by atoms with Crippen molar-refractivity contribution in [3.8, 4) is 0 Å². The number of pyridine rings is 1. The molecule has 3 rings (SSSR count). The highest BCUT2D eigenvalue weighted by molar-refractivity contribution is 5.92. The third kappa shape index (κ3) is 1.66. The van der Waals surface area contributed by atoms with Gasteiger partial charge in [0.05, 0.1) is 0 Å². The van der Waals surface area contributed by atoms with Crippen molar-refractivity contribution in [3.05, 3.63) is 35.3 Å². The number of fused-ring (bicyclic) bond motifs is 1. The van der Waals surface area contributed by atoms with Gasteiger partial charge in [-0.3, -0.25) is 0 Å². The molecule has 0 radical (unpaired) electrons. The van der Waals surface area contributed by atoms with E-state index in [1.807, 2.05) is 13.1 Å². The standard InChI is InChI=1S/C14H15FN2/c1-8-3-6-10-12(16-2)7-11(9-4-5-9)17-14(10)13(8)15/h3,6-7,9H,4-5H2,1-2H3,(H,16,17). The van der Waals surface area contributed by atoms with E-state index in [4.69, 9.17) is 0 Å². The number of nitrogens with zero attached hydrogens (tertiary/aromatic N) is 1. The second-order valence-corrected chi connectivity index (χ2v) is 4.71. The number of aryl methyl sites for hydroxylation is 1. The van der Waals surface area contributed by atoms with Gasteiger partial charge in [0.25, 0.3) is 0 Å². The van der Waals surface area contributed by atoms with Crippen LogP contribution < -0.4 is 5.32 Å². The average molecular weight is 230 g/mol. The summed E-state index contributed by atoms with van der Waals surface area (Å²) < 4.78 is 14.1. The predicted molar refractivity (Wildman–Crippen MR) is 68.0 cm³/mol. The van der Waals surface area contributed by atoms with Gasteiger partial charge in [0.2, 0.25) is 0 Å². The smallest absolute Gasteiger partial charge is 0.152 e. The van der Waals surface area contributed by atoms with Crippen LogP contribution in [0.3, 0.4) is 0 Å². The number of aromatic nitrogens is 1. The molecule has 0 amide bonds. The Morgan fingerprint density at radius 1 is 1.35 bits per heavy atom. The molecule has 1 saturated carbocycles. The van der Waals surface area contributed by atoms with Crippen molar-refractivity contribution in [3.63, 3.8) is 0 Å². The van der Waals surface area contributed by atoms with E-state index in [-0.39, 0.29) is 5.82 Å². The van der Waals surface area contributed by atoms with E-state index in [2.05, 4.69) is 16.4 Å². The van der Waals surface area contributed by atoms with E-state index >= 15 is 0 Å². The second kappa shape index (κ2) is 3.69. The molecule has 1 heterocycles. The normalized spacial score (nSPS) is 15.2. The number of rotatable bonds is 2. The molecular weight excluding hydrogens is 215 g/mol. The van der Waals surface area contributed by atoms with Crippen molar-refractivity contribution in [2.75, 3.05) is 12.4 Å². The number of benzene rings is 1. The Morgan fingerprint density at radius 2 is 2.12 bits per heavy atom. The number of nitrogens with one attached hydrogen (secondary N) is 1. The number of anilines is 1. The monoisotopic (exact) mass is 230 g/mol. The zero-order chi connectivity index (χ0) is 12.0. The molecule has 1 fully saturated rings. The van der Waals surface area contributed by atoms with Gasteiger partial charge in [-0.2, -0.15) is 0 Å². The first-order chi connectivity index (χ1) is 8.20. The molecule has 1 aliphatic rings. The van der Waals surface area contributed by atoms with Crippen molar-refractivity contribution in [1.82, 2.24) is 4.98 Å². The highest BCUT2D eigenvalue weighted by Crippen LogP contribution is 2.41. The first-order valence-electron chi connectivity index (χ1n) is 5.98. The van der Waals surface area contributed by atoms with Crippen molar-refractivity contribution < 1.29 is 4.39 Å². The summed E-state index contributed by atoms with van der Waals surface area (Å²) in [5, 5.41) is 3.99. The minimum Gasteiger partial charge on any atom is -0.388 e. The highest BCUT2D eigenvalue weighted by Gasteiger charge is 2.26. The van der Waals surface area contributed by atoms with E-state index in [1.54, 1.807) is 13.0 Å². The van der Waals surface area contributed by atoms with Crippen LogP contribution in [0.25, 0.3) is 10.9 Å². The molecule has 0 unspecified atom stereocenters. The Balaban J connectivity index is 2.32. The molecule has 1 aliphatic carbocycles. The van der Waals surface area contributed by atoms with Gasteiger partial charge in [0.15, 0.2) is 5.82 Å². The molecule has 0 spiro atoms. The van der Waals surface area contributed by atoms with Crippen LogP contribution in [0, 0.1) is 12.7 Å². The quantitative estimate of drug-likeness (QED) is 0.852. The first-order valence-corrected chi connectivity index (χ1v) is 5.98. The van der Waals surface area contributed by atoms with Crippen LogP contribution in [0.5, 0.6) is 0 Å². The van der Waals surface area contributed by atoms with Gasteiger partial charge < -0.3 is 5.32 Å². The van der Waals surface area contributed by atoms with Crippen LogP contribution in [0.1, 0.15) is 30.0 Å². The Morgan fingerprint density at radius 3 is 2.76 bits per heavy atom. The molecule has 2 nitrogen and oxygen atoms in total. The third-order valence-corrected chi connectivity index (χ3v) is 3.40. The summed E-state index contributed by atoms with van der Waals surface area (Å²) in [4.78, 5) is 4.49. The number of hydrogen-bond acceptors (Lipinski definition) is 2. The Labute approximate surface area is 99.9 Å². The molecule has 17 heavy (non-hydrogen) atoms. The SMILES string of the molecule is CNc1cc(C2CC2)nc2c(F)c(C)ccc12. The fourth-order valence-corrected chi connectivity index (χ4v) is 2.17. The summed E-state index contributed by atoms with van der Waals surface area (Å²) in [5.74, 6) is 0.341. The zero-order valence-corrected chi connectivity index (χ0v) is 10.0. The minimum atomic E-state index is -0.193. The summed E-state index contributed by atoms with van der Waals surface area (Å²) in [6, 6.07) is 5.79. The largest absolute Gasteiger partial charge is 0.388 e. The van der Waals surface area contributed by atoms with Crippen LogP contribution in [-0.4, -0.2) is 12.0 Å². The van der Waals surface area contributed by atoms with Crippen LogP contribution >= 0.6 is 0 Å². The summed E-state index contributed by atoms with van der Waals surface area (Å²) in [6.45, 7) is 1.78. The molecule has 0 aliphatic heterocycles. The lowest BCUT2D eigenvalue weighted by Crippen LogP contribution is -1.98. The third-order valence-electron chi connectivity index (χ3n) is 3.40. The van der Waals surface area contributed by atoms with Crippen molar-refractivity contribution in [1.29, 1.82) is 0 Å². The van der Waals surface area contributed by atoms with Crippen LogP contribution in [0.4, 0.5) is 10.1 Å². The topological polar surface area (TPSA) is 24.9 Å². The van der Waals surface area contributed by atoms with Crippen molar-refractivity contribution >= 4 is 16.6 Å². The molecule has 1 aromatic carbocycles.